The van der Waals surface area contributed by atoms with Crippen LogP contribution in [0.4, 0.5) is 0 Å². The molecule has 2 atom stereocenters. The Morgan fingerprint density at radius 2 is 2.23 bits per heavy atom. The highest BCUT2D eigenvalue weighted by atomic mass is 35.5. The third-order valence-electron chi connectivity index (χ3n) is 6.19. The Morgan fingerprint density at radius 1 is 1.39 bits per heavy atom. The lowest BCUT2D eigenvalue weighted by atomic mass is 9.81. The number of benzene rings is 1. The van der Waals surface area contributed by atoms with Crippen molar-refractivity contribution >= 4 is 40.2 Å². The minimum Gasteiger partial charge on any atom is -0.497 e. The van der Waals surface area contributed by atoms with Gasteiger partial charge in [0.25, 0.3) is 0 Å². The molecule has 0 aliphatic carbocycles. The molecule has 1 aliphatic rings. The van der Waals surface area contributed by atoms with Gasteiger partial charge < -0.3 is 14.7 Å². The van der Waals surface area contributed by atoms with Crippen LogP contribution in [-0.2, 0) is 11.2 Å². The smallest absolute Gasteiger partial charge is 0.308 e. The van der Waals surface area contributed by atoms with Crippen LogP contribution >= 0.6 is 23.4 Å². The zero-order valence-electron chi connectivity index (χ0n) is 18.5. The largest absolute Gasteiger partial charge is 0.497 e. The summed E-state index contributed by atoms with van der Waals surface area (Å²) in [4.78, 5) is 18.7. The molecule has 0 radical (unpaired) electrons. The minimum absolute atomic E-state index is 0.221. The number of carboxylic acids is 1. The number of rotatable bonds is 11. The maximum atomic E-state index is 11.9. The van der Waals surface area contributed by atoms with Crippen LogP contribution in [0.2, 0.25) is 5.02 Å². The van der Waals surface area contributed by atoms with Crippen molar-refractivity contribution in [3.8, 4) is 5.75 Å². The lowest BCUT2D eigenvalue weighted by Crippen LogP contribution is -2.44. The van der Waals surface area contributed by atoms with Crippen LogP contribution < -0.4 is 4.74 Å². The Kier molecular flexibility index (Phi) is 9.30. The Morgan fingerprint density at radius 3 is 2.97 bits per heavy atom. The fourth-order valence-electron chi connectivity index (χ4n) is 4.46. The molecule has 1 aromatic heterocycles. The first kappa shape index (κ1) is 24.1. The van der Waals surface area contributed by atoms with E-state index in [1.54, 1.807) is 13.3 Å². The van der Waals surface area contributed by atoms with E-state index >= 15 is 0 Å². The molecule has 0 spiro atoms. The Hall–Kier alpha value is -1.50. The van der Waals surface area contributed by atoms with E-state index in [0.29, 0.717) is 11.6 Å². The van der Waals surface area contributed by atoms with Crippen molar-refractivity contribution in [1.82, 2.24) is 9.88 Å². The molecule has 0 saturated carbocycles. The van der Waals surface area contributed by atoms with Crippen molar-refractivity contribution in [1.29, 1.82) is 0 Å². The summed E-state index contributed by atoms with van der Waals surface area (Å²) in [6.07, 6.45) is 6.48. The lowest BCUT2D eigenvalue weighted by molar-refractivity contribution is -0.146. The number of thioether (sulfide) groups is 1. The van der Waals surface area contributed by atoms with Crippen LogP contribution in [0.3, 0.4) is 0 Å². The van der Waals surface area contributed by atoms with Crippen molar-refractivity contribution in [2.75, 3.05) is 38.2 Å². The average molecular weight is 465 g/mol. The number of aryl methyl sites for hydroxylation is 1. The summed E-state index contributed by atoms with van der Waals surface area (Å²) in [5.41, 5.74) is 1.97. The van der Waals surface area contributed by atoms with Crippen LogP contribution in [0.15, 0.2) is 24.4 Å². The molecule has 1 aliphatic heterocycles. The van der Waals surface area contributed by atoms with Gasteiger partial charge in [-0.1, -0.05) is 18.5 Å². The summed E-state index contributed by atoms with van der Waals surface area (Å²) in [5, 5.41) is 11.5. The van der Waals surface area contributed by atoms with Crippen molar-refractivity contribution in [3.05, 3.63) is 35.0 Å². The molecule has 2 aromatic rings. The van der Waals surface area contributed by atoms with E-state index in [1.807, 2.05) is 30.0 Å². The number of piperidine rings is 1. The number of likely N-dealkylation sites (tertiary alicyclic amines) is 1. The van der Waals surface area contributed by atoms with E-state index in [4.69, 9.17) is 16.3 Å². The van der Waals surface area contributed by atoms with Crippen LogP contribution in [0.1, 0.15) is 38.2 Å². The first-order chi connectivity index (χ1) is 15.0. The number of halogens is 1. The minimum atomic E-state index is -0.659. The predicted molar refractivity (Wildman–Crippen MR) is 130 cm³/mol. The highest BCUT2D eigenvalue weighted by Gasteiger charge is 2.33. The van der Waals surface area contributed by atoms with E-state index in [1.165, 1.54) is 12.2 Å². The van der Waals surface area contributed by atoms with Gasteiger partial charge >= 0.3 is 5.97 Å². The molecule has 5 nitrogen and oxygen atoms in total. The third-order valence-corrected chi connectivity index (χ3v) is 7.69. The summed E-state index contributed by atoms with van der Waals surface area (Å²) < 4.78 is 5.37. The van der Waals surface area contributed by atoms with Gasteiger partial charge in [-0.25, -0.2) is 0 Å². The zero-order valence-corrected chi connectivity index (χ0v) is 20.1. The number of methoxy groups -OCH3 is 1. The number of fused-ring (bicyclic) bond motifs is 1. The zero-order chi connectivity index (χ0) is 22.2. The average Bonchev–Trinajstić information content (AvgIpc) is 2.78. The number of ether oxygens (including phenoxy) is 1. The second kappa shape index (κ2) is 11.9. The fourth-order valence-corrected chi connectivity index (χ4v) is 5.59. The van der Waals surface area contributed by atoms with E-state index in [-0.39, 0.29) is 11.8 Å². The van der Waals surface area contributed by atoms with Crippen molar-refractivity contribution in [2.24, 2.45) is 11.8 Å². The maximum absolute atomic E-state index is 11.9. The van der Waals surface area contributed by atoms with Gasteiger partial charge in [0.05, 0.1) is 23.6 Å². The van der Waals surface area contributed by atoms with Gasteiger partial charge in [-0.05, 0) is 74.1 Å². The summed E-state index contributed by atoms with van der Waals surface area (Å²) in [7, 11) is 1.65. The molecule has 170 valence electrons. The fraction of sp³-hybridized carbons (Fsp3) is 0.583. The SMILES string of the molecule is CCCSCCN1CCC(CCCc2c(Cl)cnc3ccc(OC)cc23)C(C(=O)O)C1. The Bertz CT molecular complexity index is 879. The molecular formula is C24H33ClN2O3S. The van der Waals surface area contributed by atoms with E-state index in [0.717, 1.165) is 66.7 Å². The molecule has 2 unspecified atom stereocenters. The second-order valence-corrected chi connectivity index (χ2v) is 9.90. The summed E-state index contributed by atoms with van der Waals surface area (Å²) >= 11 is 8.44. The molecular weight excluding hydrogens is 432 g/mol. The highest BCUT2D eigenvalue weighted by molar-refractivity contribution is 7.99. The van der Waals surface area contributed by atoms with Gasteiger partial charge in [0.15, 0.2) is 0 Å². The normalized spacial score (nSPS) is 19.6. The van der Waals surface area contributed by atoms with E-state index < -0.39 is 5.97 Å². The molecule has 1 N–H and O–H groups in total. The molecule has 0 bridgehead atoms. The Balaban J connectivity index is 1.60. The molecule has 2 heterocycles. The number of hydrogen-bond acceptors (Lipinski definition) is 5. The summed E-state index contributed by atoms with van der Waals surface area (Å²) in [6, 6.07) is 5.83. The van der Waals surface area contributed by atoms with Gasteiger partial charge in [-0.15, -0.1) is 0 Å². The van der Waals surface area contributed by atoms with Gasteiger partial charge in [-0.2, -0.15) is 11.8 Å². The molecule has 1 saturated heterocycles. The standard InChI is InChI=1S/C24H33ClN2O3S/c1-3-12-31-13-11-27-10-9-17(21(16-27)24(28)29)5-4-6-19-20-14-18(30-2)7-8-23(20)26-15-22(19)25/h7-8,14-15,17,21H,3-6,9-13,16H2,1-2H3,(H,28,29). The number of nitrogens with zero attached hydrogens (tertiary/aromatic N) is 2. The van der Waals surface area contributed by atoms with Crippen LogP contribution in [-0.4, -0.2) is 59.2 Å². The second-order valence-electron chi connectivity index (χ2n) is 8.27. The van der Waals surface area contributed by atoms with Gasteiger partial charge in [0, 0.05) is 30.4 Å². The van der Waals surface area contributed by atoms with Crippen molar-refractivity contribution in [3.63, 3.8) is 0 Å². The number of pyridine rings is 1. The number of aliphatic carboxylic acids is 1. The molecule has 3 rings (SSSR count). The predicted octanol–water partition coefficient (Wildman–Crippen LogP) is 5.39. The molecule has 1 fully saturated rings. The Labute approximate surface area is 194 Å². The number of hydrogen-bond donors (Lipinski definition) is 1. The van der Waals surface area contributed by atoms with Gasteiger partial charge in [0.2, 0.25) is 0 Å². The monoisotopic (exact) mass is 464 g/mol. The van der Waals surface area contributed by atoms with E-state index in [2.05, 4.69) is 16.8 Å². The number of carbonyl (C=O) groups is 1. The molecule has 7 heteroatoms. The van der Waals surface area contributed by atoms with Gasteiger partial charge in [0.1, 0.15) is 5.75 Å². The first-order valence-corrected chi connectivity index (χ1v) is 12.7. The van der Waals surface area contributed by atoms with Crippen LogP contribution in [0, 0.1) is 11.8 Å². The van der Waals surface area contributed by atoms with Gasteiger partial charge in [-0.3, -0.25) is 9.78 Å². The number of aromatic nitrogens is 1. The van der Waals surface area contributed by atoms with Crippen molar-refractivity contribution in [2.45, 2.75) is 39.0 Å². The van der Waals surface area contributed by atoms with Crippen LogP contribution in [0.25, 0.3) is 10.9 Å². The topological polar surface area (TPSA) is 62.7 Å². The molecule has 31 heavy (non-hydrogen) atoms. The summed E-state index contributed by atoms with van der Waals surface area (Å²) in [5.74, 6) is 2.33. The quantitative estimate of drug-likeness (QED) is 0.450. The molecule has 1 aromatic carbocycles. The lowest BCUT2D eigenvalue weighted by Gasteiger charge is -2.36. The first-order valence-electron chi connectivity index (χ1n) is 11.2. The third kappa shape index (κ3) is 6.50. The highest BCUT2D eigenvalue weighted by Crippen LogP contribution is 2.32. The van der Waals surface area contributed by atoms with Crippen molar-refractivity contribution < 1.29 is 14.6 Å². The van der Waals surface area contributed by atoms with Crippen LogP contribution in [0.5, 0.6) is 5.75 Å². The van der Waals surface area contributed by atoms with E-state index in [9.17, 15) is 9.90 Å². The summed E-state index contributed by atoms with van der Waals surface area (Å²) in [6.45, 7) is 4.85. The molecule has 0 amide bonds. The number of carboxylic acid groups (broad SMARTS) is 1. The maximum Gasteiger partial charge on any atom is 0.308 e.